The summed E-state index contributed by atoms with van der Waals surface area (Å²) >= 11 is 12.0. The van der Waals surface area contributed by atoms with Crippen LogP contribution in [-0.2, 0) is 6.54 Å². The molecule has 1 unspecified atom stereocenters. The van der Waals surface area contributed by atoms with Crippen molar-refractivity contribution < 1.29 is 4.39 Å². The largest absolute Gasteiger partial charge is 0.376 e. The summed E-state index contributed by atoms with van der Waals surface area (Å²) in [5.74, 6) is -0.452. The molecule has 0 bridgehead atoms. The molecule has 0 fully saturated rings. The third-order valence-electron chi connectivity index (χ3n) is 2.84. The van der Waals surface area contributed by atoms with Crippen molar-refractivity contribution in [3.05, 3.63) is 46.0 Å². The van der Waals surface area contributed by atoms with Crippen molar-refractivity contribution in [2.24, 2.45) is 0 Å². The highest BCUT2D eigenvalue weighted by molar-refractivity contribution is 6.39. The molecule has 1 aromatic heterocycles. The molecule has 19 heavy (non-hydrogen) atoms. The zero-order chi connectivity index (χ0) is 14.0. The van der Waals surface area contributed by atoms with Crippen molar-refractivity contribution in [2.75, 3.05) is 5.32 Å². The van der Waals surface area contributed by atoms with Gasteiger partial charge in [-0.25, -0.2) is 4.39 Å². The van der Waals surface area contributed by atoms with Crippen LogP contribution in [0.25, 0.3) is 0 Å². The minimum atomic E-state index is -0.452. The second kappa shape index (κ2) is 5.80. The number of nitrogens with zero attached hydrogens (tertiary/aromatic N) is 2. The lowest BCUT2D eigenvalue weighted by atomic mass is 10.2. The molecule has 0 aliphatic rings. The highest BCUT2D eigenvalue weighted by Gasteiger charge is 2.13. The maximum Gasteiger partial charge on any atom is 0.126 e. The first kappa shape index (κ1) is 14.2. The van der Waals surface area contributed by atoms with Gasteiger partial charge in [0.25, 0.3) is 0 Å². The Hall–Kier alpha value is -1.26. The molecule has 102 valence electrons. The van der Waals surface area contributed by atoms with Gasteiger partial charge in [0.2, 0.25) is 0 Å². The van der Waals surface area contributed by atoms with Crippen LogP contribution in [0.4, 0.5) is 10.1 Å². The van der Waals surface area contributed by atoms with Gasteiger partial charge < -0.3 is 5.32 Å². The van der Waals surface area contributed by atoms with E-state index in [-0.39, 0.29) is 16.1 Å². The van der Waals surface area contributed by atoms with Gasteiger partial charge in [-0.15, -0.1) is 0 Å². The number of nitrogens with one attached hydrogen (secondary N) is 1. The van der Waals surface area contributed by atoms with Crippen LogP contribution < -0.4 is 5.32 Å². The van der Waals surface area contributed by atoms with E-state index in [1.165, 1.54) is 12.1 Å². The Morgan fingerprint density at radius 1 is 1.37 bits per heavy atom. The first-order chi connectivity index (χ1) is 9.01. The van der Waals surface area contributed by atoms with Crippen LogP contribution in [0.3, 0.4) is 0 Å². The van der Waals surface area contributed by atoms with E-state index in [9.17, 15) is 4.39 Å². The number of benzene rings is 1. The summed E-state index contributed by atoms with van der Waals surface area (Å²) in [6.45, 7) is 4.79. The summed E-state index contributed by atoms with van der Waals surface area (Å²) in [5, 5.41) is 7.91. The summed E-state index contributed by atoms with van der Waals surface area (Å²) in [6.07, 6.45) is 3.73. The highest BCUT2D eigenvalue weighted by Crippen LogP contribution is 2.33. The molecule has 3 nitrogen and oxygen atoms in total. The Labute approximate surface area is 121 Å². The Bertz CT molecular complexity index is 560. The van der Waals surface area contributed by atoms with Crippen molar-refractivity contribution in [3.8, 4) is 0 Å². The van der Waals surface area contributed by atoms with E-state index in [1.807, 2.05) is 24.7 Å². The maximum absolute atomic E-state index is 13.1. The number of halogens is 3. The van der Waals surface area contributed by atoms with E-state index in [0.29, 0.717) is 5.69 Å². The number of hydrogen-bond donors (Lipinski definition) is 1. The van der Waals surface area contributed by atoms with E-state index >= 15 is 0 Å². The number of aryl methyl sites for hydroxylation is 1. The van der Waals surface area contributed by atoms with E-state index in [2.05, 4.69) is 10.4 Å². The lowest BCUT2D eigenvalue weighted by Crippen LogP contribution is -2.07. The lowest BCUT2D eigenvalue weighted by Gasteiger charge is -2.16. The Morgan fingerprint density at radius 3 is 2.53 bits per heavy atom. The summed E-state index contributed by atoms with van der Waals surface area (Å²) in [6, 6.07) is 2.44. The second-order valence-electron chi connectivity index (χ2n) is 4.24. The molecular formula is C13H14Cl2FN3. The van der Waals surface area contributed by atoms with Gasteiger partial charge in [0.15, 0.2) is 0 Å². The predicted octanol–water partition coefficient (Wildman–Crippen LogP) is 4.52. The topological polar surface area (TPSA) is 29.9 Å². The molecule has 2 aromatic rings. The molecule has 1 N–H and O–H groups in total. The molecule has 1 atom stereocenters. The van der Waals surface area contributed by atoms with Crippen molar-refractivity contribution >= 4 is 28.9 Å². The van der Waals surface area contributed by atoms with Gasteiger partial charge in [0, 0.05) is 18.3 Å². The molecule has 1 aromatic carbocycles. The molecule has 0 spiro atoms. The predicted molar refractivity (Wildman–Crippen MR) is 76.4 cm³/mol. The van der Waals surface area contributed by atoms with Gasteiger partial charge in [-0.05, 0) is 26.0 Å². The van der Waals surface area contributed by atoms with Crippen molar-refractivity contribution in [2.45, 2.75) is 26.4 Å². The molecule has 2 rings (SSSR count). The van der Waals surface area contributed by atoms with E-state index in [1.54, 1.807) is 6.20 Å². The first-order valence-electron chi connectivity index (χ1n) is 5.94. The summed E-state index contributed by atoms with van der Waals surface area (Å²) in [7, 11) is 0. The highest BCUT2D eigenvalue weighted by atomic mass is 35.5. The van der Waals surface area contributed by atoms with Crippen LogP contribution in [0.15, 0.2) is 24.5 Å². The van der Waals surface area contributed by atoms with Crippen molar-refractivity contribution in [3.63, 3.8) is 0 Å². The van der Waals surface area contributed by atoms with Crippen LogP contribution in [0.1, 0.15) is 25.5 Å². The Morgan fingerprint density at radius 2 is 2.00 bits per heavy atom. The first-order valence-corrected chi connectivity index (χ1v) is 6.70. The van der Waals surface area contributed by atoms with Gasteiger partial charge in [-0.2, -0.15) is 5.10 Å². The third kappa shape index (κ3) is 3.19. The normalized spacial score (nSPS) is 12.5. The molecular weight excluding hydrogens is 288 g/mol. The van der Waals surface area contributed by atoms with Gasteiger partial charge in [0.05, 0.1) is 28.0 Å². The fraction of sp³-hybridized carbons (Fsp3) is 0.308. The standard InChI is InChI=1S/C13H14Cl2FN3/c1-3-19-7-9(6-17-19)8(2)18-13-11(14)4-10(16)5-12(13)15/h4-8,18H,3H2,1-2H3. The van der Waals surface area contributed by atoms with Crippen LogP contribution in [-0.4, -0.2) is 9.78 Å². The number of aromatic nitrogens is 2. The Balaban J connectivity index is 2.21. The van der Waals surface area contributed by atoms with Crippen LogP contribution in [0, 0.1) is 5.82 Å². The quantitative estimate of drug-likeness (QED) is 0.899. The second-order valence-corrected chi connectivity index (χ2v) is 5.05. The molecule has 0 amide bonds. The fourth-order valence-corrected chi connectivity index (χ4v) is 2.33. The average Bonchev–Trinajstić information content (AvgIpc) is 2.82. The number of anilines is 1. The molecule has 0 radical (unpaired) electrons. The fourth-order valence-electron chi connectivity index (χ4n) is 1.76. The summed E-state index contributed by atoms with van der Waals surface area (Å²) in [5.41, 5.74) is 1.54. The van der Waals surface area contributed by atoms with Gasteiger partial charge in [0.1, 0.15) is 5.82 Å². The molecule has 0 aliphatic heterocycles. The number of rotatable bonds is 4. The zero-order valence-electron chi connectivity index (χ0n) is 10.6. The van der Waals surface area contributed by atoms with E-state index in [0.717, 1.165) is 12.1 Å². The zero-order valence-corrected chi connectivity index (χ0v) is 12.1. The molecule has 0 aliphatic carbocycles. The minimum Gasteiger partial charge on any atom is -0.376 e. The van der Waals surface area contributed by atoms with Crippen LogP contribution in [0.2, 0.25) is 10.0 Å². The molecule has 6 heteroatoms. The molecule has 1 heterocycles. The minimum absolute atomic E-state index is 0.0271. The average molecular weight is 302 g/mol. The summed E-state index contributed by atoms with van der Waals surface area (Å²) in [4.78, 5) is 0. The molecule has 0 saturated heterocycles. The van der Waals surface area contributed by atoms with Gasteiger partial charge in [-0.3, -0.25) is 4.68 Å². The molecule has 0 saturated carbocycles. The van der Waals surface area contributed by atoms with E-state index < -0.39 is 5.82 Å². The van der Waals surface area contributed by atoms with Crippen molar-refractivity contribution in [1.82, 2.24) is 9.78 Å². The van der Waals surface area contributed by atoms with Crippen molar-refractivity contribution in [1.29, 1.82) is 0 Å². The monoisotopic (exact) mass is 301 g/mol. The lowest BCUT2D eigenvalue weighted by molar-refractivity contribution is 0.628. The van der Waals surface area contributed by atoms with Crippen LogP contribution >= 0.6 is 23.2 Å². The summed E-state index contributed by atoms with van der Waals surface area (Å²) < 4.78 is 14.9. The van der Waals surface area contributed by atoms with Gasteiger partial charge in [-0.1, -0.05) is 23.2 Å². The Kier molecular flexibility index (Phi) is 4.32. The SMILES string of the molecule is CCn1cc(C(C)Nc2c(Cl)cc(F)cc2Cl)cn1. The van der Waals surface area contributed by atoms with Crippen LogP contribution in [0.5, 0.6) is 0 Å². The van der Waals surface area contributed by atoms with E-state index in [4.69, 9.17) is 23.2 Å². The smallest absolute Gasteiger partial charge is 0.126 e. The number of hydrogen-bond acceptors (Lipinski definition) is 2. The maximum atomic E-state index is 13.1. The van der Waals surface area contributed by atoms with Gasteiger partial charge >= 0.3 is 0 Å². The third-order valence-corrected chi connectivity index (χ3v) is 3.44.